The second kappa shape index (κ2) is 5.10. The Morgan fingerprint density at radius 2 is 1.89 bits per heavy atom. The molecular weight excluding hydrogens is 252 g/mol. The number of hydrogen-bond acceptors (Lipinski definition) is 4. The summed E-state index contributed by atoms with van der Waals surface area (Å²) in [6.45, 7) is 5.83. The van der Waals surface area contributed by atoms with Crippen molar-refractivity contribution in [2.75, 3.05) is 31.6 Å². The van der Waals surface area contributed by atoms with Crippen LogP contribution in [-0.2, 0) is 4.79 Å². The van der Waals surface area contributed by atoms with E-state index in [-0.39, 0.29) is 5.91 Å². The van der Waals surface area contributed by atoms with Crippen LogP contribution in [-0.4, -0.2) is 47.7 Å². The third kappa shape index (κ3) is 2.41. The molecule has 5 nitrogen and oxygen atoms in total. The van der Waals surface area contributed by atoms with Crippen molar-refractivity contribution in [2.24, 2.45) is 0 Å². The van der Waals surface area contributed by atoms with Crippen molar-refractivity contribution in [2.45, 2.75) is 20.3 Å². The van der Waals surface area contributed by atoms with E-state index in [0.29, 0.717) is 11.7 Å². The summed E-state index contributed by atoms with van der Waals surface area (Å²) >= 11 is 5.94. The molecule has 6 heteroatoms. The first kappa shape index (κ1) is 13.1. The first-order valence-corrected chi connectivity index (χ1v) is 6.36. The number of amides is 1. The maximum atomic E-state index is 11.9. The molecule has 0 aromatic carbocycles. The van der Waals surface area contributed by atoms with Gasteiger partial charge in [-0.3, -0.25) is 4.79 Å². The zero-order valence-electron chi connectivity index (χ0n) is 10.9. The van der Waals surface area contributed by atoms with Crippen LogP contribution in [0.25, 0.3) is 0 Å². The molecule has 0 atom stereocenters. The van der Waals surface area contributed by atoms with E-state index in [4.69, 9.17) is 11.6 Å². The lowest BCUT2D eigenvalue weighted by atomic mass is 10.2. The molecule has 0 spiro atoms. The fourth-order valence-corrected chi connectivity index (χ4v) is 2.21. The van der Waals surface area contributed by atoms with Gasteiger partial charge in [-0.2, -0.15) is 0 Å². The molecule has 98 valence electrons. The largest absolute Gasteiger partial charge is 0.346 e. The molecule has 0 radical (unpaired) electrons. The highest BCUT2D eigenvalue weighted by Crippen LogP contribution is 2.24. The SMILES string of the molecule is Cc1c(Cl)nnc(N2CCCN(C)C(=O)C2)c1C. The van der Waals surface area contributed by atoms with Crippen LogP contribution < -0.4 is 4.90 Å². The van der Waals surface area contributed by atoms with Crippen LogP contribution in [0.3, 0.4) is 0 Å². The Morgan fingerprint density at radius 1 is 1.17 bits per heavy atom. The van der Waals surface area contributed by atoms with Crippen LogP contribution in [0.2, 0.25) is 5.15 Å². The van der Waals surface area contributed by atoms with Gasteiger partial charge in [0.1, 0.15) is 0 Å². The number of likely N-dealkylation sites (N-methyl/N-ethyl adjacent to an activating group) is 1. The minimum absolute atomic E-state index is 0.112. The Labute approximate surface area is 112 Å². The molecule has 0 aliphatic carbocycles. The molecule has 0 unspecified atom stereocenters. The van der Waals surface area contributed by atoms with Gasteiger partial charge in [-0.15, -0.1) is 10.2 Å². The number of carbonyl (C=O) groups is 1. The highest BCUT2D eigenvalue weighted by atomic mass is 35.5. The average molecular weight is 269 g/mol. The molecular formula is C12H17ClN4O. The van der Waals surface area contributed by atoms with Gasteiger partial charge in [0.15, 0.2) is 11.0 Å². The molecule has 1 saturated heterocycles. The number of anilines is 1. The molecule has 0 saturated carbocycles. The molecule has 0 bridgehead atoms. The zero-order chi connectivity index (χ0) is 13.3. The molecule has 1 fully saturated rings. The highest BCUT2D eigenvalue weighted by molar-refractivity contribution is 6.30. The standard InChI is InChI=1S/C12H17ClN4O/c1-8-9(2)12(15-14-11(8)13)17-6-4-5-16(3)10(18)7-17/h4-7H2,1-3H3. The summed E-state index contributed by atoms with van der Waals surface area (Å²) in [7, 11) is 1.83. The summed E-state index contributed by atoms with van der Waals surface area (Å²) in [6.07, 6.45) is 0.936. The van der Waals surface area contributed by atoms with E-state index >= 15 is 0 Å². The van der Waals surface area contributed by atoms with Crippen LogP contribution in [0.1, 0.15) is 17.5 Å². The third-order valence-corrected chi connectivity index (χ3v) is 3.77. The number of nitrogens with zero attached hydrogens (tertiary/aromatic N) is 4. The molecule has 2 heterocycles. The number of aromatic nitrogens is 2. The Kier molecular flexibility index (Phi) is 3.71. The summed E-state index contributed by atoms with van der Waals surface area (Å²) in [5, 5.41) is 8.50. The normalized spacial score (nSPS) is 17.0. The lowest BCUT2D eigenvalue weighted by Crippen LogP contribution is -2.35. The Bertz CT molecular complexity index is 477. The topological polar surface area (TPSA) is 49.3 Å². The molecule has 1 aliphatic rings. The maximum Gasteiger partial charge on any atom is 0.241 e. The minimum atomic E-state index is 0.112. The lowest BCUT2D eigenvalue weighted by molar-refractivity contribution is -0.127. The van der Waals surface area contributed by atoms with E-state index in [2.05, 4.69) is 10.2 Å². The lowest BCUT2D eigenvalue weighted by Gasteiger charge is -2.22. The van der Waals surface area contributed by atoms with Gasteiger partial charge < -0.3 is 9.80 Å². The smallest absolute Gasteiger partial charge is 0.241 e. The number of rotatable bonds is 1. The van der Waals surface area contributed by atoms with E-state index in [0.717, 1.165) is 36.5 Å². The fraction of sp³-hybridized carbons (Fsp3) is 0.583. The Balaban J connectivity index is 2.31. The van der Waals surface area contributed by atoms with Crippen molar-refractivity contribution < 1.29 is 4.79 Å². The Hall–Kier alpha value is -1.36. The van der Waals surface area contributed by atoms with Crippen LogP contribution >= 0.6 is 11.6 Å². The summed E-state index contributed by atoms with van der Waals surface area (Å²) in [5.41, 5.74) is 1.92. The van der Waals surface area contributed by atoms with Gasteiger partial charge in [0.25, 0.3) is 0 Å². The summed E-state index contributed by atoms with van der Waals surface area (Å²) in [4.78, 5) is 15.6. The zero-order valence-corrected chi connectivity index (χ0v) is 11.7. The van der Waals surface area contributed by atoms with Crippen molar-refractivity contribution >= 4 is 23.3 Å². The molecule has 18 heavy (non-hydrogen) atoms. The van der Waals surface area contributed by atoms with Crippen molar-refractivity contribution in [3.8, 4) is 0 Å². The molecule has 2 rings (SSSR count). The first-order chi connectivity index (χ1) is 8.50. The van der Waals surface area contributed by atoms with Gasteiger partial charge in [-0.25, -0.2) is 0 Å². The molecule has 1 aliphatic heterocycles. The molecule has 1 aromatic heterocycles. The van der Waals surface area contributed by atoms with E-state index in [1.54, 1.807) is 4.90 Å². The van der Waals surface area contributed by atoms with E-state index < -0.39 is 0 Å². The van der Waals surface area contributed by atoms with Crippen LogP contribution in [0.15, 0.2) is 0 Å². The van der Waals surface area contributed by atoms with Gasteiger partial charge in [0, 0.05) is 20.1 Å². The van der Waals surface area contributed by atoms with Crippen LogP contribution in [0.4, 0.5) is 5.82 Å². The second-order valence-corrected chi connectivity index (χ2v) is 5.01. The predicted molar refractivity (Wildman–Crippen MR) is 71.0 cm³/mol. The number of hydrogen-bond donors (Lipinski definition) is 0. The predicted octanol–water partition coefficient (Wildman–Crippen LogP) is 1.42. The summed E-state index contributed by atoms with van der Waals surface area (Å²) in [5.74, 6) is 0.877. The number of halogens is 1. The maximum absolute atomic E-state index is 11.9. The van der Waals surface area contributed by atoms with Gasteiger partial charge in [-0.1, -0.05) is 11.6 Å². The average Bonchev–Trinajstić information content (AvgIpc) is 2.50. The molecule has 0 N–H and O–H groups in total. The van der Waals surface area contributed by atoms with Crippen molar-refractivity contribution in [3.05, 3.63) is 16.3 Å². The van der Waals surface area contributed by atoms with Crippen molar-refractivity contribution in [1.29, 1.82) is 0 Å². The van der Waals surface area contributed by atoms with Gasteiger partial charge in [0.05, 0.1) is 6.54 Å². The quantitative estimate of drug-likeness (QED) is 0.773. The second-order valence-electron chi connectivity index (χ2n) is 4.65. The van der Waals surface area contributed by atoms with Crippen LogP contribution in [0.5, 0.6) is 0 Å². The monoisotopic (exact) mass is 268 g/mol. The van der Waals surface area contributed by atoms with Crippen molar-refractivity contribution in [1.82, 2.24) is 15.1 Å². The van der Waals surface area contributed by atoms with Crippen molar-refractivity contribution in [3.63, 3.8) is 0 Å². The first-order valence-electron chi connectivity index (χ1n) is 5.99. The Morgan fingerprint density at radius 3 is 2.61 bits per heavy atom. The molecule has 1 amide bonds. The van der Waals surface area contributed by atoms with Gasteiger partial charge in [0.2, 0.25) is 5.91 Å². The van der Waals surface area contributed by atoms with Gasteiger partial charge >= 0.3 is 0 Å². The van der Waals surface area contributed by atoms with Gasteiger partial charge in [-0.05, 0) is 31.4 Å². The molecule has 1 aromatic rings. The van der Waals surface area contributed by atoms with E-state index in [9.17, 15) is 4.79 Å². The van der Waals surface area contributed by atoms with E-state index in [1.807, 2.05) is 25.8 Å². The number of carbonyl (C=O) groups excluding carboxylic acids is 1. The fourth-order valence-electron chi connectivity index (χ4n) is 2.03. The third-order valence-electron chi connectivity index (χ3n) is 3.41. The van der Waals surface area contributed by atoms with E-state index in [1.165, 1.54) is 0 Å². The van der Waals surface area contributed by atoms with Crippen LogP contribution in [0, 0.1) is 13.8 Å². The summed E-state index contributed by atoms with van der Waals surface area (Å²) in [6, 6.07) is 0. The minimum Gasteiger partial charge on any atom is -0.346 e. The highest BCUT2D eigenvalue weighted by Gasteiger charge is 2.22. The summed E-state index contributed by atoms with van der Waals surface area (Å²) < 4.78 is 0.